The van der Waals surface area contributed by atoms with Gasteiger partial charge in [-0.1, -0.05) is 103 Å². The van der Waals surface area contributed by atoms with Gasteiger partial charge in [0.15, 0.2) is 0 Å². The van der Waals surface area contributed by atoms with Gasteiger partial charge in [-0.3, -0.25) is 0 Å². The van der Waals surface area contributed by atoms with E-state index in [1.165, 1.54) is 108 Å². The predicted octanol–water partition coefficient (Wildman–Crippen LogP) is 8.16. The zero-order valence-corrected chi connectivity index (χ0v) is 21.3. The van der Waals surface area contributed by atoms with E-state index in [-0.39, 0.29) is 0 Å². The SMILES string of the molecule is CCCCCCCCCCCCCCCCCCOc1ccc(-c2n(C)cc[n+]2C)cc1. The van der Waals surface area contributed by atoms with E-state index < -0.39 is 0 Å². The zero-order chi connectivity index (χ0) is 22.9. The predicted molar refractivity (Wildman–Crippen MR) is 137 cm³/mol. The van der Waals surface area contributed by atoms with Crippen molar-refractivity contribution >= 4 is 0 Å². The molecule has 0 fully saturated rings. The second-order valence-corrected chi connectivity index (χ2v) is 9.52. The molecule has 1 heterocycles. The van der Waals surface area contributed by atoms with Crippen molar-refractivity contribution in [3.05, 3.63) is 36.7 Å². The zero-order valence-electron chi connectivity index (χ0n) is 21.3. The number of aryl methyl sites for hydroxylation is 2. The molecule has 0 bridgehead atoms. The number of rotatable bonds is 19. The van der Waals surface area contributed by atoms with Gasteiger partial charge in [0, 0.05) is 0 Å². The number of nitrogens with zero attached hydrogens (tertiary/aromatic N) is 2. The molecule has 2 rings (SSSR count). The summed E-state index contributed by atoms with van der Waals surface area (Å²) in [6, 6.07) is 8.49. The average molecular weight is 442 g/mol. The molecule has 2 aromatic rings. The number of imidazole rings is 1. The molecule has 3 nitrogen and oxygen atoms in total. The lowest BCUT2D eigenvalue weighted by Gasteiger charge is -2.07. The maximum atomic E-state index is 5.94. The molecule has 0 radical (unpaired) electrons. The maximum absolute atomic E-state index is 5.94. The van der Waals surface area contributed by atoms with E-state index in [9.17, 15) is 0 Å². The minimum absolute atomic E-state index is 0.829. The van der Waals surface area contributed by atoms with Gasteiger partial charge in [0.05, 0.1) is 26.3 Å². The first-order valence-corrected chi connectivity index (χ1v) is 13.5. The third-order valence-corrected chi connectivity index (χ3v) is 6.56. The molecule has 1 aromatic carbocycles. The lowest BCUT2D eigenvalue weighted by molar-refractivity contribution is -0.659. The Morgan fingerprint density at radius 3 is 1.59 bits per heavy atom. The van der Waals surface area contributed by atoms with E-state index in [1.54, 1.807) is 0 Å². The molecule has 0 aliphatic rings. The third kappa shape index (κ3) is 10.7. The first kappa shape index (κ1) is 26.5. The van der Waals surface area contributed by atoms with Gasteiger partial charge in [0.1, 0.15) is 18.1 Å². The van der Waals surface area contributed by atoms with Crippen LogP contribution in [0, 0.1) is 0 Å². The summed E-state index contributed by atoms with van der Waals surface area (Å²) in [7, 11) is 4.16. The molecule has 0 atom stereocenters. The van der Waals surface area contributed by atoms with Crippen LogP contribution >= 0.6 is 0 Å². The number of benzene rings is 1. The van der Waals surface area contributed by atoms with Crippen LogP contribution in [0.5, 0.6) is 5.75 Å². The minimum Gasteiger partial charge on any atom is -0.494 e. The number of aromatic nitrogens is 2. The smallest absolute Gasteiger partial charge is 0.288 e. The second kappa shape index (κ2) is 16.8. The monoisotopic (exact) mass is 441 g/mol. The fraction of sp³-hybridized carbons (Fsp3) is 0.690. The summed E-state index contributed by atoms with van der Waals surface area (Å²) in [5.74, 6) is 2.18. The molecule has 0 N–H and O–H groups in total. The van der Waals surface area contributed by atoms with Crippen molar-refractivity contribution in [3.8, 4) is 17.1 Å². The summed E-state index contributed by atoms with van der Waals surface area (Å²) in [5, 5.41) is 0. The van der Waals surface area contributed by atoms with Gasteiger partial charge in [-0.05, 0) is 30.7 Å². The lowest BCUT2D eigenvalue weighted by Crippen LogP contribution is -2.28. The van der Waals surface area contributed by atoms with Crippen LogP contribution in [-0.4, -0.2) is 11.2 Å². The van der Waals surface area contributed by atoms with Crippen LogP contribution in [0.1, 0.15) is 110 Å². The van der Waals surface area contributed by atoms with Crippen LogP contribution in [0.3, 0.4) is 0 Å². The van der Waals surface area contributed by atoms with Crippen molar-refractivity contribution in [1.29, 1.82) is 0 Å². The largest absolute Gasteiger partial charge is 0.494 e. The van der Waals surface area contributed by atoms with Crippen molar-refractivity contribution in [3.63, 3.8) is 0 Å². The second-order valence-electron chi connectivity index (χ2n) is 9.52. The van der Waals surface area contributed by atoms with Crippen molar-refractivity contribution in [2.24, 2.45) is 14.1 Å². The Balaban J connectivity index is 1.38. The summed E-state index contributed by atoms with van der Waals surface area (Å²) in [4.78, 5) is 0. The highest BCUT2D eigenvalue weighted by Crippen LogP contribution is 2.20. The van der Waals surface area contributed by atoms with Crippen molar-refractivity contribution in [2.75, 3.05) is 6.61 Å². The minimum atomic E-state index is 0.829. The summed E-state index contributed by atoms with van der Waals surface area (Å²) in [6.07, 6.45) is 26.6. The molecule has 0 aliphatic heterocycles. The highest BCUT2D eigenvalue weighted by molar-refractivity contribution is 5.54. The van der Waals surface area contributed by atoms with Gasteiger partial charge in [-0.15, -0.1) is 0 Å². The fourth-order valence-corrected chi connectivity index (χ4v) is 4.54. The van der Waals surface area contributed by atoms with Gasteiger partial charge in [0.25, 0.3) is 5.82 Å². The van der Waals surface area contributed by atoms with Crippen LogP contribution < -0.4 is 9.30 Å². The number of ether oxygens (including phenoxy) is 1. The van der Waals surface area contributed by atoms with E-state index in [2.05, 4.69) is 66.8 Å². The standard InChI is InChI=1S/C29H49N2O/c1-4-5-6-7-8-9-10-11-12-13-14-15-16-17-18-19-26-32-28-22-20-27(21-23-28)29-30(2)24-25-31(29)3/h20-25H,4-19,26H2,1-3H3/q+1. The normalized spacial score (nSPS) is 11.2. The van der Waals surface area contributed by atoms with Crippen LogP contribution in [0.15, 0.2) is 36.7 Å². The Morgan fingerprint density at radius 2 is 1.16 bits per heavy atom. The Hall–Kier alpha value is -1.77. The topological polar surface area (TPSA) is 18.0 Å². The summed E-state index contributed by atoms with van der Waals surface area (Å²) < 4.78 is 10.2. The van der Waals surface area contributed by atoms with Gasteiger partial charge in [0.2, 0.25) is 0 Å². The molecule has 0 spiro atoms. The van der Waals surface area contributed by atoms with E-state index in [0.717, 1.165) is 18.8 Å². The quantitative estimate of drug-likeness (QED) is 0.159. The van der Waals surface area contributed by atoms with Crippen LogP contribution in [-0.2, 0) is 14.1 Å². The Labute approximate surface area is 198 Å². The number of hydrogen-bond acceptors (Lipinski definition) is 1. The number of hydrogen-bond donors (Lipinski definition) is 0. The lowest BCUT2D eigenvalue weighted by atomic mass is 10.0. The van der Waals surface area contributed by atoms with E-state index in [0.29, 0.717) is 0 Å². The highest BCUT2D eigenvalue weighted by atomic mass is 16.5. The molecule has 3 heteroatoms. The summed E-state index contributed by atoms with van der Waals surface area (Å²) in [5.41, 5.74) is 1.22. The van der Waals surface area contributed by atoms with Gasteiger partial charge < -0.3 is 4.74 Å². The molecule has 0 unspecified atom stereocenters. The van der Waals surface area contributed by atoms with Gasteiger partial charge in [-0.2, -0.15) is 0 Å². The summed E-state index contributed by atoms with van der Waals surface area (Å²) >= 11 is 0. The first-order chi connectivity index (χ1) is 15.7. The molecule has 0 amide bonds. The molecular weight excluding hydrogens is 392 g/mol. The number of unbranched alkanes of at least 4 members (excludes halogenated alkanes) is 15. The Kier molecular flexibility index (Phi) is 13.9. The Morgan fingerprint density at radius 1 is 0.688 bits per heavy atom. The van der Waals surface area contributed by atoms with Gasteiger partial charge in [-0.25, -0.2) is 9.13 Å². The molecule has 32 heavy (non-hydrogen) atoms. The fourth-order valence-electron chi connectivity index (χ4n) is 4.54. The molecule has 1 aromatic heterocycles. The molecular formula is C29H49N2O+. The summed E-state index contributed by atoms with van der Waals surface area (Å²) in [6.45, 7) is 3.12. The first-order valence-electron chi connectivity index (χ1n) is 13.5. The van der Waals surface area contributed by atoms with Crippen molar-refractivity contribution < 1.29 is 9.30 Å². The Bertz CT molecular complexity index is 685. The maximum Gasteiger partial charge on any atom is 0.288 e. The third-order valence-electron chi connectivity index (χ3n) is 6.56. The average Bonchev–Trinajstić information content (AvgIpc) is 3.14. The highest BCUT2D eigenvalue weighted by Gasteiger charge is 2.13. The van der Waals surface area contributed by atoms with Crippen molar-refractivity contribution in [1.82, 2.24) is 4.57 Å². The van der Waals surface area contributed by atoms with Crippen LogP contribution in [0.25, 0.3) is 11.4 Å². The van der Waals surface area contributed by atoms with Crippen LogP contribution in [0.2, 0.25) is 0 Å². The molecule has 0 aliphatic carbocycles. The van der Waals surface area contributed by atoms with Crippen molar-refractivity contribution in [2.45, 2.75) is 110 Å². The van der Waals surface area contributed by atoms with Gasteiger partial charge >= 0.3 is 0 Å². The van der Waals surface area contributed by atoms with E-state index in [1.807, 2.05) is 0 Å². The van der Waals surface area contributed by atoms with E-state index >= 15 is 0 Å². The molecule has 0 saturated heterocycles. The molecule has 180 valence electrons. The van der Waals surface area contributed by atoms with Crippen LogP contribution in [0.4, 0.5) is 0 Å². The molecule has 0 saturated carbocycles. The van der Waals surface area contributed by atoms with E-state index in [4.69, 9.17) is 4.74 Å².